The summed E-state index contributed by atoms with van der Waals surface area (Å²) < 4.78 is 0. The molecule has 0 heterocycles. The number of amides is 1. The van der Waals surface area contributed by atoms with Crippen LogP contribution in [0.25, 0.3) is 6.08 Å². The van der Waals surface area contributed by atoms with E-state index in [1.54, 1.807) is 43.5 Å². The van der Waals surface area contributed by atoms with E-state index in [2.05, 4.69) is 4.99 Å². The van der Waals surface area contributed by atoms with Crippen LogP contribution in [0.4, 0.5) is 0 Å². The molecule has 4 nitrogen and oxygen atoms in total. The molecule has 0 saturated heterocycles. The number of rotatable bonds is 3. The van der Waals surface area contributed by atoms with Gasteiger partial charge in [-0.05, 0) is 30.7 Å². The number of carbonyl (C=O) groups excluding carboxylic acids is 1. The van der Waals surface area contributed by atoms with E-state index in [9.17, 15) is 4.79 Å². The van der Waals surface area contributed by atoms with Gasteiger partial charge in [-0.25, -0.2) is 4.99 Å². The van der Waals surface area contributed by atoms with Gasteiger partial charge in [-0.1, -0.05) is 12.1 Å². The monoisotopic (exact) mass is 203 g/mol. The summed E-state index contributed by atoms with van der Waals surface area (Å²) in [5, 5.41) is 0. The van der Waals surface area contributed by atoms with Crippen molar-refractivity contribution in [1.82, 2.24) is 0 Å². The van der Waals surface area contributed by atoms with Crippen LogP contribution < -0.4 is 11.5 Å². The Balaban J connectivity index is 2.77. The lowest BCUT2D eigenvalue weighted by Gasteiger charge is -1.95. The predicted molar refractivity (Wildman–Crippen MR) is 61.3 cm³/mol. The summed E-state index contributed by atoms with van der Waals surface area (Å²) in [6.45, 7) is 1.71. The van der Waals surface area contributed by atoms with E-state index in [0.717, 1.165) is 5.56 Å². The maximum Gasteiger partial charge on any atom is 0.248 e. The van der Waals surface area contributed by atoms with Crippen molar-refractivity contribution in [3.63, 3.8) is 0 Å². The third-order valence-electron chi connectivity index (χ3n) is 1.74. The van der Waals surface area contributed by atoms with E-state index in [-0.39, 0.29) is 0 Å². The first-order valence-electron chi connectivity index (χ1n) is 4.46. The molecule has 1 aromatic rings. The third-order valence-corrected chi connectivity index (χ3v) is 1.74. The smallest absolute Gasteiger partial charge is 0.248 e. The fourth-order valence-electron chi connectivity index (χ4n) is 0.999. The largest absolute Gasteiger partial charge is 0.387 e. The number of hydrogen-bond acceptors (Lipinski definition) is 2. The van der Waals surface area contributed by atoms with Crippen molar-refractivity contribution in [3.05, 3.63) is 41.6 Å². The molecule has 1 rings (SSSR count). The van der Waals surface area contributed by atoms with E-state index >= 15 is 0 Å². The molecule has 0 atom stereocenters. The lowest BCUT2D eigenvalue weighted by Crippen LogP contribution is -2.10. The van der Waals surface area contributed by atoms with E-state index in [0.29, 0.717) is 11.4 Å². The molecule has 4 heteroatoms. The fraction of sp³-hybridized carbons (Fsp3) is 0.0909. The van der Waals surface area contributed by atoms with Gasteiger partial charge in [0.15, 0.2) is 0 Å². The average molecular weight is 203 g/mol. The summed E-state index contributed by atoms with van der Waals surface area (Å²) in [5.74, 6) is 0.0707. The number of primary amides is 1. The standard InChI is InChI=1S/C11H13N3O/c1-8(12)14-7-6-9-2-4-10(5-3-9)11(13)15/h2-7H,1H3,(H2,12,14)(H2,13,15)/b7-6+. The van der Waals surface area contributed by atoms with Crippen molar-refractivity contribution >= 4 is 17.8 Å². The zero-order chi connectivity index (χ0) is 11.3. The van der Waals surface area contributed by atoms with Crippen molar-refractivity contribution in [2.24, 2.45) is 16.5 Å². The Morgan fingerprint density at radius 2 is 1.87 bits per heavy atom. The minimum absolute atomic E-state index is 0.429. The summed E-state index contributed by atoms with van der Waals surface area (Å²) >= 11 is 0. The highest BCUT2D eigenvalue weighted by Crippen LogP contribution is 2.05. The van der Waals surface area contributed by atoms with E-state index in [1.165, 1.54) is 0 Å². The first-order chi connectivity index (χ1) is 7.09. The quantitative estimate of drug-likeness (QED) is 0.570. The molecule has 15 heavy (non-hydrogen) atoms. The van der Waals surface area contributed by atoms with Crippen molar-refractivity contribution in [2.45, 2.75) is 6.92 Å². The Labute approximate surface area is 88.3 Å². The van der Waals surface area contributed by atoms with Crippen molar-refractivity contribution in [3.8, 4) is 0 Å². The molecule has 0 saturated carbocycles. The van der Waals surface area contributed by atoms with Crippen LogP contribution in [-0.2, 0) is 0 Å². The highest BCUT2D eigenvalue weighted by Gasteiger charge is 1.97. The topological polar surface area (TPSA) is 81.5 Å². The van der Waals surface area contributed by atoms with Gasteiger partial charge < -0.3 is 11.5 Å². The van der Waals surface area contributed by atoms with Gasteiger partial charge in [0.2, 0.25) is 5.91 Å². The fourth-order valence-corrected chi connectivity index (χ4v) is 0.999. The van der Waals surface area contributed by atoms with Crippen LogP contribution >= 0.6 is 0 Å². The third kappa shape index (κ3) is 3.64. The van der Waals surface area contributed by atoms with Gasteiger partial charge >= 0.3 is 0 Å². The van der Waals surface area contributed by atoms with Gasteiger partial charge in [0, 0.05) is 11.8 Å². The Hall–Kier alpha value is -2.10. The zero-order valence-electron chi connectivity index (χ0n) is 8.47. The Morgan fingerprint density at radius 1 is 1.27 bits per heavy atom. The molecule has 1 amide bonds. The average Bonchev–Trinajstić information content (AvgIpc) is 2.18. The Kier molecular flexibility index (Phi) is 3.62. The van der Waals surface area contributed by atoms with Crippen molar-refractivity contribution < 1.29 is 4.79 Å². The van der Waals surface area contributed by atoms with Crippen LogP contribution in [0.3, 0.4) is 0 Å². The van der Waals surface area contributed by atoms with Gasteiger partial charge in [-0.2, -0.15) is 0 Å². The van der Waals surface area contributed by atoms with Gasteiger partial charge in [-0.3, -0.25) is 4.79 Å². The molecule has 0 aliphatic rings. The molecule has 0 spiro atoms. The Morgan fingerprint density at radius 3 is 2.33 bits per heavy atom. The second-order valence-electron chi connectivity index (χ2n) is 3.07. The number of benzene rings is 1. The van der Waals surface area contributed by atoms with Gasteiger partial charge in [0.05, 0.1) is 5.84 Å². The van der Waals surface area contributed by atoms with Crippen molar-refractivity contribution in [1.29, 1.82) is 0 Å². The molecule has 1 aromatic carbocycles. The van der Waals surface area contributed by atoms with E-state index < -0.39 is 5.91 Å². The second-order valence-corrected chi connectivity index (χ2v) is 3.07. The molecule has 0 bridgehead atoms. The number of nitrogens with two attached hydrogens (primary N) is 2. The zero-order valence-corrected chi connectivity index (χ0v) is 8.47. The van der Waals surface area contributed by atoms with E-state index in [1.807, 2.05) is 0 Å². The van der Waals surface area contributed by atoms with Crippen LogP contribution in [0.1, 0.15) is 22.8 Å². The summed E-state index contributed by atoms with van der Waals surface area (Å²) in [6.07, 6.45) is 3.40. The lowest BCUT2D eigenvalue weighted by molar-refractivity contribution is 0.100. The van der Waals surface area contributed by atoms with Gasteiger partial charge in [-0.15, -0.1) is 0 Å². The van der Waals surface area contributed by atoms with E-state index in [4.69, 9.17) is 11.5 Å². The molecule has 78 valence electrons. The lowest BCUT2D eigenvalue weighted by atomic mass is 10.1. The normalized spacial score (nSPS) is 11.9. The highest BCUT2D eigenvalue weighted by molar-refractivity contribution is 5.92. The number of amidine groups is 1. The molecule has 4 N–H and O–H groups in total. The number of aliphatic imine (C=N–C) groups is 1. The minimum Gasteiger partial charge on any atom is -0.387 e. The molecule has 0 fully saturated rings. The second kappa shape index (κ2) is 4.95. The van der Waals surface area contributed by atoms with Crippen LogP contribution in [0.5, 0.6) is 0 Å². The maximum absolute atomic E-state index is 10.8. The first kappa shape index (κ1) is 11.0. The number of carbonyl (C=O) groups is 1. The molecule has 0 radical (unpaired) electrons. The van der Waals surface area contributed by atoms with Crippen LogP contribution in [0, 0.1) is 0 Å². The summed E-state index contributed by atoms with van der Waals surface area (Å²) in [7, 11) is 0. The highest BCUT2D eigenvalue weighted by atomic mass is 16.1. The Bertz CT molecular complexity index is 400. The molecule has 0 aromatic heterocycles. The SMILES string of the molecule is CC(N)=N/C=C/c1ccc(C(N)=O)cc1. The number of hydrogen-bond donors (Lipinski definition) is 2. The minimum atomic E-state index is -0.429. The maximum atomic E-state index is 10.8. The van der Waals surface area contributed by atoms with Crippen molar-refractivity contribution in [2.75, 3.05) is 0 Å². The predicted octanol–water partition coefficient (Wildman–Crippen LogP) is 1.13. The van der Waals surface area contributed by atoms with Crippen LogP contribution in [-0.4, -0.2) is 11.7 Å². The summed E-state index contributed by atoms with van der Waals surface area (Å²) in [5.41, 5.74) is 11.9. The molecule has 0 aliphatic carbocycles. The molecular weight excluding hydrogens is 190 g/mol. The number of nitrogens with zero attached hydrogens (tertiary/aromatic N) is 1. The van der Waals surface area contributed by atoms with Crippen LogP contribution in [0.2, 0.25) is 0 Å². The summed E-state index contributed by atoms with van der Waals surface area (Å²) in [4.78, 5) is 14.7. The first-order valence-corrected chi connectivity index (χ1v) is 4.46. The molecule has 0 aliphatic heterocycles. The molecular formula is C11H13N3O. The van der Waals surface area contributed by atoms with Crippen LogP contribution in [0.15, 0.2) is 35.5 Å². The van der Waals surface area contributed by atoms with Gasteiger partial charge in [0.1, 0.15) is 0 Å². The molecule has 0 unspecified atom stereocenters. The van der Waals surface area contributed by atoms with Gasteiger partial charge in [0.25, 0.3) is 0 Å². The summed E-state index contributed by atoms with van der Waals surface area (Å²) in [6, 6.07) is 6.91.